The normalized spacial score (nSPS) is 13.8. The van der Waals surface area contributed by atoms with E-state index in [9.17, 15) is 15.0 Å². The summed E-state index contributed by atoms with van der Waals surface area (Å²) in [5, 5.41) is 29.0. The van der Waals surface area contributed by atoms with Crippen LogP contribution in [-0.2, 0) is 9.53 Å². The Kier molecular flexibility index (Phi) is 18.2. The van der Waals surface area contributed by atoms with Crippen LogP contribution < -0.4 is 0 Å². The van der Waals surface area contributed by atoms with Crippen LogP contribution in [0.25, 0.3) is 0 Å². The smallest absolute Gasteiger partial charge is 0.309 e. The number of aliphatic carboxylic acids is 1. The van der Waals surface area contributed by atoms with Crippen LogP contribution in [0.2, 0.25) is 0 Å². The van der Waals surface area contributed by atoms with Crippen LogP contribution in [0.5, 0.6) is 0 Å². The first-order chi connectivity index (χ1) is 16.4. The van der Waals surface area contributed by atoms with Crippen molar-refractivity contribution in [2.75, 3.05) is 19.8 Å². The maximum atomic E-state index is 11.6. The molecule has 0 unspecified atom stereocenters. The molecular formula is C28H58O5S4. The zero-order valence-corrected chi connectivity index (χ0v) is 28.5. The zero-order chi connectivity index (χ0) is 29.8. The molecule has 0 aromatic carbocycles. The van der Waals surface area contributed by atoms with Gasteiger partial charge < -0.3 is 20.1 Å². The van der Waals surface area contributed by atoms with Gasteiger partial charge in [0.05, 0.1) is 30.8 Å². The molecule has 0 amide bonds. The van der Waals surface area contributed by atoms with Gasteiger partial charge in [0.2, 0.25) is 0 Å². The Balaban J connectivity index is 0. The largest absolute Gasteiger partial charge is 0.481 e. The van der Waals surface area contributed by atoms with Crippen molar-refractivity contribution < 1.29 is 24.9 Å². The highest BCUT2D eigenvalue weighted by atomic mass is 32.1. The Morgan fingerprint density at radius 1 is 0.676 bits per heavy atom. The highest BCUT2D eigenvalue weighted by Crippen LogP contribution is 2.39. The van der Waals surface area contributed by atoms with Crippen molar-refractivity contribution >= 4 is 56.5 Å². The molecule has 0 aliphatic rings. The standard InChI is InChI=1S/C14H30O3S2.C14H28O2S2/c1-12(2,18)5-7-14(16,11-17-10-9-15)8-6-13(3,4)19;1-6-14(11(15)16,9-7-12(2,3)17)10-8-13(4,5)18/h15-16,18-19H,5-11H2,1-4H3;17-18H,6-10H2,1-5H3,(H,15,16). The third kappa shape index (κ3) is 23.2. The summed E-state index contributed by atoms with van der Waals surface area (Å²) < 4.78 is 4.87. The van der Waals surface area contributed by atoms with Crippen LogP contribution >= 0.6 is 50.5 Å². The SMILES string of the molecule is CC(C)(S)CCC(O)(CCC(C)(C)S)COCCO.CCC(CCC(C)(C)S)(CCC(C)(C)S)C(=O)O. The average molecular weight is 603 g/mol. The van der Waals surface area contributed by atoms with Gasteiger partial charge in [0.1, 0.15) is 0 Å². The van der Waals surface area contributed by atoms with Crippen molar-refractivity contribution in [3.8, 4) is 0 Å². The minimum atomic E-state index is -0.866. The summed E-state index contributed by atoms with van der Waals surface area (Å²) in [4.78, 5) is 11.6. The number of ether oxygens (including phenoxy) is 1. The lowest BCUT2D eigenvalue weighted by Gasteiger charge is -2.33. The van der Waals surface area contributed by atoms with E-state index in [0.29, 0.717) is 32.1 Å². The number of carboxylic acid groups (broad SMARTS) is 1. The van der Waals surface area contributed by atoms with E-state index in [0.717, 1.165) is 25.7 Å². The molecule has 0 fully saturated rings. The highest BCUT2D eigenvalue weighted by molar-refractivity contribution is 7.82. The van der Waals surface area contributed by atoms with Crippen LogP contribution in [0.3, 0.4) is 0 Å². The molecule has 0 atom stereocenters. The minimum Gasteiger partial charge on any atom is -0.481 e. The van der Waals surface area contributed by atoms with E-state index in [4.69, 9.17) is 9.84 Å². The molecule has 0 heterocycles. The fraction of sp³-hybridized carbons (Fsp3) is 0.964. The lowest BCUT2D eigenvalue weighted by molar-refractivity contribution is -0.150. The summed E-state index contributed by atoms with van der Waals surface area (Å²) in [6.07, 6.45) is 6.53. The Morgan fingerprint density at radius 2 is 1.00 bits per heavy atom. The van der Waals surface area contributed by atoms with Crippen molar-refractivity contribution in [3.05, 3.63) is 0 Å². The Morgan fingerprint density at radius 3 is 1.24 bits per heavy atom. The van der Waals surface area contributed by atoms with E-state index in [1.165, 1.54) is 0 Å². The molecule has 5 nitrogen and oxygen atoms in total. The van der Waals surface area contributed by atoms with Crippen LogP contribution in [0.15, 0.2) is 0 Å². The van der Waals surface area contributed by atoms with Gasteiger partial charge in [-0.15, -0.1) is 0 Å². The minimum absolute atomic E-state index is 0.0216. The molecule has 3 N–H and O–H groups in total. The van der Waals surface area contributed by atoms with Gasteiger partial charge in [-0.2, -0.15) is 50.5 Å². The Bertz CT molecular complexity index is 592. The van der Waals surface area contributed by atoms with E-state index in [2.05, 4.69) is 50.5 Å². The number of thiol groups is 4. The summed E-state index contributed by atoms with van der Waals surface area (Å²) >= 11 is 18.0. The van der Waals surface area contributed by atoms with Gasteiger partial charge in [-0.1, -0.05) is 62.3 Å². The summed E-state index contributed by atoms with van der Waals surface area (Å²) in [6, 6.07) is 0. The third-order valence-corrected chi connectivity index (χ3v) is 7.47. The van der Waals surface area contributed by atoms with Crippen molar-refractivity contribution in [1.82, 2.24) is 0 Å². The molecule has 0 saturated heterocycles. The van der Waals surface area contributed by atoms with Gasteiger partial charge >= 0.3 is 5.97 Å². The fourth-order valence-corrected chi connectivity index (χ4v) is 4.05. The molecule has 0 rings (SSSR count). The van der Waals surface area contributed by atoms with Crippen LogP contribution in [0, 0.1) is 5.41 Å². The van der Waals surface area contributed by atoms with Crippen molar-refractivity contribution in [3.63, 3.8) is 0 Å². The van der Waals surface area contributed by atoms with E-state index in [-0.39, 0.29) is 38.8 Å². The van der Waals surface area contributed by atoms with Gasteiger partial charge in [0, 0.05) is 19.0 Å². The number of aliphatic hydroxyl groups excluding tert-OH is 1. The fourth-order valence-electron chi connectivity index (χ4n) is 3.61. The first-order valence-corrected chi connectivity index (χ1v) is 15.2. The number of rotatable bonds is 18. The first-order valence-electron chi connectivity index (χ1n) is 13.4. The molecule has 0 aliphatic carbocycles. The molecule has 37 heavy (non-hydrogen) atoms. The second-order valence-electron chi connectivity index (χ2n) is 13.2. The Labute approximate surface area is 250 Å². The van der Waals surface area contributed by atoms with Crippen LogP contribution in [-0.4, -0.2) is 65.7 Å². The third-order valence-electron chi connectivity index (χ3n) is 6.57. The second kappa shape index (κ2) is 16.9. The van der Waals surface area contributed by atoms with Crippen molar-refractivity contribution in [2.24, 2.45) is 5.41 Å². The number of hydrogen-bond acceptors (Lipinski definition) is 8. The summed E-state index contributed by atoms with van der Waals surface area (Å²) in [6.45, 7) is 18.7. The number of carbonyl (C=O) groups is 1. The van der Waals surface area contributed by atoms with Crippen molar-refractivity contribution in [2.45, 2.75) is 145 Å². The number of hydrogen-bond donors (Lipinski definition) is 7. The molecular weight excluding hydrogens is 545 g/mol. The molecule has 0 bridgehead atoms. The summed E-state index contributed by atoms with van der Waals surface area (Å²) in [5.74, 6) is -0.680. The maximum absolute atomic E-state index is 11.6. The van der Waals surface area contributed by atoms with E-state index in [1.54, 1.807) is 0 Å². The zero-order valence-electron chi connectivity index (χ0n) is 24.9. The molecule has 0 saturated carbocycles. The van der Waals surface area contributed by atoms with Gasteiger partial charge in [-0.05, 0) is 57.8 Å². The Hall–Kier alpha value is 0.750. The van der Waals surface area contributed by atoms with Crippen LogP contribution in [0.4, 0.5) is 0 Å². The second-order valence-corrected chi connectivity index (χ2v) is 18.0. The lowest BCUT2D eigenvalue weighted by Crippen LogP contribution is -2.38. The van der Waals surface area contributed by atoms with Crippen molar-refractivity contribution in [1.29, 1.82) is 0 Å². The van der Waals surface area contributed by atoms with E-state index < -0.39 is 17.0 Å². The van der Waals surface area contributed by atoms with Gasteiger partial charge in [0.15, 0.2) is 0 Å². The van der Waals surface area contributed by atoms with Crippen LogP contribution in [0.1, 0.15) is 120 Å². The molecule has 9 heteroatoms. The van der Waals surface area contributed by atoms with E-state index >= 15 is 0 Å². The predicted octanol–water partition coefficient (Wildman–Crippen LogP) is 7.15. The maximum Gasteiger partial charge on any atom is 0.309 e. The number of aliphatic hydroxyl groups is 2. The number of carboxylic acids is 1. The first kappa shape index (κ1) is 39.9. The monoisotopic (exact) mass is 602 g/mol. The lowest BCUT2D eigenvalue weighted by atomic mass is 9.74. The molecule has 0 radical (unpaired) electrons. The molecule has 0 spiro atoms. The molecule has 224 valence electrons. The quantitative estimate of drug-likeness (QED) is 0.0669. The molecule has 0 aliphatic heterocycles. The molecule has 0 aromatic heterocycles. The average Bonchev–Trinajstić information content (AvgIpc) is 2.69. The summed E-state index contributed by atoms with van der Waals surface area (Å²) in [7, 11) is 0. The summed E-state index contributed by atoms with van der Waals surface area (Å²) in [5.41, 5.74) is -1.49. The molecule has 0 aromatic rings. The van der Waals surface area contributed by atoms with Gasteiger partial charge in [-0.3, -0.25) is 4.79 Å². The highest BCUT2D eigenvalue weighted by Gasteiger charge is 2.38. The van der Waals surface area contributed by atoms with Gasteiger partial charge in [0.25, 0.3) is 0 Å². The predicted molar refractivity (Wildman–Crippen MR) is 172 cm³/mol. The van der Waals surface area contributed by atoms with E-state index in [1.807, 2.05) is 62.3 Å². The topological polar surface area (TPSA) is 87.0 Å². The van der Waals surface area contributed by atoms with Gasteiger partial charge in [-0.25, -0.2) is 0 Å².